The first-order valence-corrected chi connectivity index (χ1v) is 4.19. The number of hydrogen-bond donors (Lipinski definition) is 3. The standard InChI is InChI=1S/C8H8N6O/c15-8(7-9-5-12-14-7)13-6-2-1-3-10-11-4-6/h1-5,11H,(H,13,15)(H,9,12,14). The molecule has 2 rings (SSSR count). The largest absolute Gasteiger partial charge is 0.318 e. The predicted molar refractivity (Wildman–Crippen MR) is 52.7 cm³/mol. The summed E-state index contributed by atoms with van der Waals surface area (Å²) in [6.07, 6.45) is 7.87. The first-order chi connectivity index (χ1) is 7.36. The zero-order valence-electron chi connectivity index (χ0n) is 7.64. The van der Waals surface area contributed by atoms with Crippen molar-refractivity contribution in [3.05, 3.63) is 36.2 Å². The van der Waals surface area contributed by atoms with E-state index >= 15 is 0 Å². The lowest BCUT2D eigenvalue weighted by molar-refractivity contribution is 0.0957. The first-order valence-electron chi connectivity index (χ1n) is 4.19. The van der Waals surface area contributed by atoms with Crippen LogP contribution in [-0.4, -0.2) is 27.3 Å². The Morgan fingerprint density at radius 1 is 1.47 bits per heavy atom. The third-order valence-corrected chi connectivity index (χ3v) is 1.61. The summed E-state index contributed by atoms with van der Waals surface area (Å²) in [5.41, 5.74) is 3.21. The molecule has 0 spiro atoms. The molecule has 1 aliphatic rings. The van der Waals surface area contributed by atoms with Crippen molar-refractivity contribution >= 4 is 12.1 Å². The molecule has 0 fully saturated rings. The highest BCUT2D eigenvalue weighted by molar-refractivity contribution is 5.92. The lowest BCUT2D eigenvalue weighted by Crippen LogP contribution is -2.23. The Bertz CT molecular complexity index is 430. The number of H-pyrrole nitrogens is 1. The number of hydrogen-bond acceptors (Lipinski definition) is 5. The molecule has 3 N–H and O–H groups in total. The molecule has 0 atom stereocenters. The van der Waals surface area contributed by atoms with Crippen LogP contribution in [0.2, 0.25) is 0 Å². The number of carbonyl (C=O) groups is 1. The van der Waals surface area contributed by atoms with Gasteiger partial charge in [0.1, 0.15) is 6.33 Å². The van der Waals surface area contributed by atoms with Crippen molar-refractivity contribution in [2.45, 2.75) is 0 Å². The fourth-order valence-electron chi connectivity index (χ4n) is 0.971. The van der Waals surface area contributed by atoms with Gasteiger partial charge in [-0.1, -0.05) is 0 Å². The van der Waals surface area contributed by atoms with Gasteiger partial charge in [0.05, 0.1) is 5.70 Å². The Morgan fingerprint density at radius 3 is 3.20 bits per heavy atom. The predicted octanol–water partition coefficient (Wildman–Crippen LogP) is -0.479. The van der Waals surface area contributed by atoms with Crippen molar-refractivity contribution in [3.63, 3.8) is 0 Å². The van der Waals surface area contributed by atoms with Crippen LogP contribution >= 0.6 is 0 Å². The average molecular weight is 204 g/mol. The first kappa shape index (κ1) is 9.13. The number of rotatable bonds is 2. The Balaban J connectivity index is 2.03. The maximum atomic E-state index is 11.5. The minimum Gasteiger partial charge on any atom is -0.318 e. The second kappa shape index (κ2) is 4.18. The average Bonchev–Trinajstić information content (AvgIpc) is 2.65. The normalized spacial score (nSPS) is 14.0. The van der Waals surface area contributed by atoms with Crippen LogP contribution in [-0.2, 0) is 0 Å². The summed E-state index contributed by atoms with van der Waals surface area (Å²) in [5.74, 6) is -0.287. The quantitative estimate of drug-likeness (QED) is 0.606. The molecule has 1 amide bonds. The van der Waals surface area contributed by atoms with E-state index < -0.39 is 0 Å². The molecule has 1 aromatic heterocycles. The summed E-state index contributed by atoms with van der Waals surface area (Å²) in [6, 6.07) is 0. The second-order valence-electron chi connectivity index (χ2n) is 2.64. The summed E-state index contributed by atoms with van der Waals surface area (Å²) >= 11 is 0. The van der Waals surface area contributed by atoms with Crippen LogP contribution in [0.3, 0.4) is 0 Å². The molecule has 0 radical (unpaired) electrons. The smallest absolute Gasteiger partial charge is 0.295 e. The summed E-state index contributed by atoms with van der Waals surface area (Å²) in [6.45, 7) is 0. The highest BCUT2D eigenvalue weighted by Gasteiger charge is 2.09. The number of aromatic nitrogens is 3. The molecular weight excluding hydrogens is 196 g/mol. The minimum absolute atomic E-state index is 0.0921. The molecule has 1 aliphatic heterocycles. The van der Waals surface area contributed by atoms with Gasteiger partial charge in [0.25, 0.3) is 5.91 Å². The van der Waals surface area contributed by atoms with Crippen LogP contribution in [0.4, 0.5) is 0 Å². The Morgan fingerprint density at radius 2 is 2.40 bits per heavy atom. The van der Waals surface area contributed by atoms with Crippen molar-refractivity contribution < 1.29 is 4.79 Å². The number of nitrogens with zero attached hydrogens (tertiary/aromatic N) is 3. The van der Waals surface area contributed by atoms with Gasteiger partial charge in [-0.25, -0.2) is 4.98 Å². The highest BCUT2D eigenvalue weighted by atomic mass is 16.2. The van der Waals surface area contributed by atoms with Crippen molar-refractivity contribution in [3.8, 4) is 0 Å². The van der Waals surface area contributed by atoms with E-state index in [-0.39, 0.29) is 11.7 Å². The molecule has 2 heterocycles. The monoisotopic (exact) mass is 204 g/mol. The lowest BCUT2D eigenvalue weighted by atomic mass is 10.4. The molecule has 0 aliphatic carbocycles. The molecule has 0 aromatic carbocycles. The van der Waals surface area contributed by atoms with Gasteiger partial charge in [-0.2, -0.15) is 5.10 Å². The van der Waals surface area contributed by atoms with Gasteiger partial charge in [0, 0.05) is 12.4 Å². The summed E-state index contributed by atoms with van der Waals surface area (Å²) < 4.78 is 0. The van der Waals surface area contributed by atoms with Gasteiger partial charge in [0.2, 0.25) is 5.82 Å². The van der Waals surface area contributed by atoms with E-state index in [1.807, 2.05) is 0 Å². The number of nitrogens with one attached hydrogen (secondary N) is 3. The topological polar surface area (TPSA) is 95.1 Å². The van der Waals surface area contributed by atoms with Gasteiger partial charge in [0.15, 0.2) is 0 Å². The third-order valence-electron chi connectivity index (χ3n) is 1.61. The Hall–Kier alpha value is -2.44. The Kier molecular flexibility index (Phi) is 2.54. The van der Waals surface area contributed by atoms with E-state index in [1.165, 1.54) is 6.33 Å². The van der Waals surface area contributed by atoms with E-state index in [1.54, 1.807) is 24.6 Å². The van der Waals surface area contributed by atoms with Crippen LogP contribution in [0.5, 0.6) is 0 Å². The van der Waals surface area contributed by atoms with Crippen molar-refractivity contribution in [2.24, 2.45) is 5.10 Å². The van der Waals surface area contributed by atoms with Crippen LogP contribution in [0, 0.1) is 0 Å². The van der Waals surface area contributed by atoms with Gasteiger partial charge in [-0.3, -0.25) is 15.3 Å². The van der Waals surface area contributed by atoms with Crippen LogP contribution in [0.1, 0.15) is 10.6 Å². The zero-order valence-corrected chi connectivity index (χ0v) is 7.64. The van der Waals surface area contributed by atoms with Gasteiger partial charge < -0.3 is 5.32 Å². The van der Waals surface area contributed by atoms with Crippen LogP contribution < -0.4 is 10.7 Å². The molecule has 1 aromatic rings. The van der Waals surface area contributed by atoms with Crippen molar-refractivity contribution in [2.75, 3.05) is 0 Å². The molecule has 15 heavy (non-hydrogen) atoms. The molecule has 7 heteroatoms. The number of carbonyl (C=O) groups excluding carboxylic acids is 1. The molecule has 0 saturated carbocycles. The van der Waals surface area contributed by atoms with Crippen LogP contribution in [0.25, 0.3) is 0 Å². The van der Waals surface area contributed by atoms with Gasteiger partial charge in [-0.05, 0) is 12.2 Å². The summed E-state index contributed by atoms with van der Waals surface area (Å²) in [5, 5.41) is 12.5. The molecule has 76 valence electrons. The van der Waals surface area contributed by atoms with E-state index in [0.29, 0.717) is 5.70 Å². The molecule has 0 unspecified atom stereocenters. The zero-order chi connectivity index (χ0) is 10.5. The van der Waals surface area contributed by atoms with E-state index in [2.05, 4.69) is 31.0 Å². The highest BCUT2D eigenvalue weighted by Crippen LogP contribution is 1.95. The van der Waals surface area contributed by atoms with E-state index in [0.717, 1.165) is 0 Å². The number of amides is 1. The second-order valence-corrected chi connectivity index (χ2v) is 2.64. The summed E-state index contributed by atoms with van der Waals surface area (Å²) in [4.78, 5) is 15.2. The molecular formula is C8H8N6O. The SMILES string of the molecule is O=C(NC1=CNN=CC=C1)c1nc[nH]n1. The lowest BCUT2D eigenvalue weighted by Gasteiger charge is -2.01. The number of allylic oxidation sites excluding steroid dienone is 2. The van der Waals surface area contributed by atoms with Crippen LogP contribution in [0.15, 0.2) is 35.5 Å². The van der Waals surface area contributed by atoms with E-state index in [4.69, 9.17) is 0 Å². The maximum Gasteiger partial charge on any atom is 0.295 e. The molecule has 0 bridgehead atoms. The summed E-state index contributed by atoms with van der Waals surface area (Å²) in [7, 11) is 0. The van der Waals surface area contributed by atoms with Crippen molar-refractivity contribution in [1.29, 1.82) is 0 Å². The number of aromatic amines is 1. The van der Waals surface area contributed by atoms with Gasteiger partial charge >= 0.3 is 0 Å². The molecule has 7 nitrogen and oxygen atoms in total. The number of hydrazone groups is 1. The fourth-order valence-corrected chi connectivity index (χ4v) is 0.971. The maximum absolute atomic E-state index is 11.5. The Labute approximate surface area is 85.0 Å². The third kappa shape index (κ3) is 2.27. The van der Waals surface area contributed by atoms with E-state index in [9.17, 15) is 4.79 Å². The molecule has 0 saturated heterocycles. The minimum atomic E-state index is -0.379. The fraction of sp³-hybridized carbons (Fsp3) is 0. The van der Waals surface area contributed by atoms with Gasteiger partial charge in [-0.15, -0.1) is 5.10 Å². The van der Waals surface area contributed by atoms with Crippen molar-refractivity contribution in [1.82, 2.24) is 25.9 Å².